The number of carbonyl (C=O) groups excluding carboxylic acids is 1. The van der Waals surface area contributed by atoms with E-state index in [0.29, 0.717) is 12.6 Å². The number of allylic oxidation sites excluding steroid dienone is 1. The van der Waals surface area contributed by atoms with E-state index < -0.39 is 9.84 Å². The lowest BCUT2D eigenvalue weighted by Crippen LogP contribution is -2.27. The van der Waals surface area contributed by atoms with Crippen molar-refractivity contribution in [2.45, 2.75) is 51.1 Å². The molecule has 1 saturated carbocycles. The molecule has 1 aromatic heterocycles. The first kappa shape index (κ1) is 16.2. The van der Waals surface area contributed by atoms with Crippen molar-refractivity contribution in [3.05, 3.63) is 23.6 Å². The molecule has 1 aliphatic heterocycles. The van der Waals surface area contributed by atoms with Crippen molar-refractivity contribution in [3.8, 4) is 0 Å². The molecule has 1 amide bonds. The van der Waals surface area contributed by atoms with Gasteiger partial charge in [-0.05, 0) is 12.8 Å². The van der Waals surface area contributed by atoms with Crippen molar-refractivity contribution in [1.29, 1.82) is 0 Å². The Morgan fingerprint density at radius 2 is 2.09 bits per heavy atom. The number of hydrogen-bond acceptors (Lipinski definition) is 5. The summed E-state index contributed by atoms with van der Waals surface area (Å²) in [5, 5.41) is 12.1. The first-order chi connectivity index (χ1) is 11.0. The number of nitrogens with zero attached hydrogens (tertiary/aromatic N) is 3. The number of aromatic nitrogens is 3. The molecule has 0 radical (unpaired) electrons. The third-order valence-corrected chi connectivity index (χ3v) is 5.98. The highest BCUT2D eigenvalue weighted by Crippen LogP contribution is 2.28. The van der Waals surface area contributed by atoms with Gasteiger partial charge >= 0.3 is 0 Å². The molecular formula is C15H22N4O3S. The van der Waals surface area contributed by atoms with E-state index in [2.05, 4.69) is 20.1 Å². The highest BCUT2D eigenvalue weighted by molar-refractivity contribution is 7.94. The van der Waals surface area contributed by atoms with E-state index in [9.17, 15) is 13.2 Å². The predicted octanol–water partition coefficient (Wildman–Crippen LogP) is 1.35. The second kappa shape index (κ2) is 6.82. The van der Waals surface area contributed by atoms with Crippen LogP contribution in [0.15, 0.2) is 17.8 Å². The third kappa shape index (κ3) is 4.19. The molecule has 0 bridgehead atoms. The molecule has 0 aromatic carbocycles. The molecule has 3 rings (SSSR count). The average molecular weight is 338 g/mol. The van der Waals surface area contributed by atoms with Crippen molar-refractivity contribution in [2.75, 3.05) is 5.75 Å². The van der Waals surface area contributed by atoms with Crippen LogP contribution >= 0.6 is 0 Å². The summed E-state index contributed by atoms with van der Waals surface area (Å²) in [5.74, 6) is 0.407. The minimum atomic E-state index is -3.11. The van der Waals surface area contributed by atoms with Crippen LogP contribution in [0, 0.1) is 5.92 Å². The minimum Gasteiger partial charge on any atom is -0.349 e. The van der Waals surface area contributed by atoms with E-state index in [0.717, 1.165) is 18.7 Å². The van der Waals surface area contributed by atoms with Crippen LogP contribution in [0.2, 0.25) is 0 Å². The van der Waals surface area contributed by atoms with Gasteiger partial charge in [0.2, 0.25) is 5.91 Å². The van der Waals surface area contributed by atoms with Gasteiger partial charge in [0.15, 0.2) is 15.7 Å². The minimum absolute atomic E-state index is 0.0265. The van der Waals surface area contributed by atoms with Gasteiger partial charge in [-0.3, -0.25) is 4.79 Å². The van der Waals surface area contributed by atoms with Crippen LogP contribution in [-0.2, 0) is 21.2 Å². The fourth-order valence-electron chi connectivity index (χ4n) is 3.31. The van der Waals surface area contributed by atoms with E-state index in [4.69, 9.17) is 0 Å². The lowest BCUT2D eigenvalue weighted by Gasteiger charge is -2.24. The maximum atomic E-state index is 12.0. The van der Waals surface area contributed by atoms with Gasteiger partial charge in [-0.2, -0.15) is 0 Å². The first-order valence-electron chi connectivity index (χ1n) is 8.09. The summed E-state index contributed by atoms with van der Waals surface area (Å²) in [6.45, 7) is 0.332. The van der Waals surface area contributed by atoms with Gasteiger partial charge in [0.1, 0.15) is 6.33 Å². The number of rotatable bonds is 5. The number of carbonyl (C=O) groups is 1. The zero-order valence-corrected chi connectivity index (χ0v) is 13.8. The van der Waals surface area contributed by atoms with Gasteiger partial charge in [-0.1, -0.05) is 25.3 Å². The Kier molecular flexibility index (Phi) is 4.79. The van der Waals surface area contributed by atoms with Gasteiger partial charge in [-0.25, -0.2) is 8.42 Å². The molecule has 1 aromatic rings. The van der Waals surface area contributed by atoms with Crippen LogP contribution in [0.1, 0.15) is 50.4 Å². The first-order valence-corrected chi connectivity index (χ1v) is 9.81. The van der Waals surface area contributed by atoms with E-state index in [1.165, 1.54) is 24.7 Å². The second-order valence-electron chi connectivity index (χ2n) is 6.35. The second-order valence-corrected chi connectivity index (χ2v) is 8.28. The van der Waals surface area contributed by atoms with Crippen LogP contribution in [0.5, 0.6) is 0 Å². The summed E-state index contributed by atoms with van der Waals surface area (Å²) in [7, 11) is -3.11. The molecule has 1 N–H and O–H groups in total. The van der Waals surface area contributed by atoms with E-state index >= 15 is 0 Å². The average Bonchev–Trinajstić information content (AvgIpc) is 3.12. The summed E-state index contributed by atoms with van der Waals surface area (Å²) in [6.07, 6.45) is 9.50. The fraction of sp³-hybridized carbons (Fsp3) is 0.667. The largest absolute Gasteiger partial charge is 0.349 e. The zero-order chi connectivity index (χ0) is 16.3. The number of hydrogen-bond donors (Lipinski definition) is 1. The Morgan fingerprint density at radius 1 is 1.30 bits per heavy atom. The van der Waals surface area contributed by atoms with Gasteiger partial charge in [0.25, 0.3) is 0 Å². The summed E-state index contributed by atoms with van der Waals surface area (Å²) in [4.78, 5) is 12.0. The quantitative estimate of drug-likeness (QED) is 0.874. The molecule has 126 valence electrons. The fourth-order valence-corrected chi connectivity index (χ4v) is 4.71. The molecule has 23 heavy (non-hydrogen) atoms. The molecule has 0 saturated heterocycles. The number of sulfone groups is 1. The van der Waals surface area contributed by atoms with E-state index in [-0.39, 0.29) is 24.0 Å². The topological polar surface area (TPSA) is 93.9 Å². The van der Waals surface area contributed by atoms with Crippen LogP contribution in [0.3, 0.4) is 0 Å². The lowest BCUT2D eigenvalue weighted by atomic mass is 9.95. The molecule has 1 aliphatic carbocycles. The molecule has 8 heteroatoms. The van der Waals surface area contributed by atoms with Crippen molar-refractivity contribution < 1.29 is 13.2 Å². The highest BCUT2D eigenvalue weighted by Gasteiger charge is 2.24. The Balaban J connectivity index is 1.51. The summed E-state index contributed by atoms with van der Waals surface area (Å²) >= 11 is 0. The summed E-state index contributed by atoms with van der Waals surface area (Å²) in [6, 6.07) is 0.425. The number of nitrogens with one attached hydrogen (secondary N) is 1. The third-order valence-electron chi connectivity index (χ3n) is 4.51. The molecular weight excluding hydrogens is 316 g/mol. The van der Waals surface area contributed by atoms with Crippen LogP contribution in [-0.4, -0.2) is 34.8 Å². The molecule has 7 nitrogen and oxygen atoms in total. The summed E-state index contributed by atoms with van der Waals surface area (Å²) in [5.41, 5.74) is 0. The smallest absolute Gasteiger partial charge is 0.220 e. The Labute approximate surface area is 136 Å². The van der Waals surface area contributed by atoms with Gasteiger partial charge in [0, 0.05) is 23.8 Å². The Bertz CT molecular complexity index is 689. The molecule has 0 spiro atoms. The monoisotopic (exact) mass is 338 g/mol. The van der Waals surface area contributed by atoms with E-state index in [1.807, 2.05) is 0 Å². The standard InChI is InChI=1S/C15H22N4O3S/c20-15(8-12-6-7-23(21,22)10-12)16-9-14-18-17-11-19(14)13-4-2-1-3-5-13/h6-7,11-13H,1-5,8-10H2,(H,16,20). The van der Waals surface area contributed by atoms with E-state index in [1.54, 1.807) is 12.4 Å². The van der Waals surface area contributed by atoms with Gasteiger partial charge in [-0.15, -0.1) is 10.2 Å². The Hall–Kier alpha value is -1.70. The predicted molar refractivity (Wildman–Crippen MR) is 85.0 cm³/mol. The Morgan fingerprint density at radius 3 is 2.78 bits per heavy atom. The SMILES string of the molecule is O=C(CC1C=CS(=O)(=O)C1)NCc1nncn1C1CCCCC1. The molecule has 1 unspecified atom stereocenters. The molecule has 1 atom stereocenters. The maximum absolute atomic E-state index is 12.0. The molecule has 1 fully saturated rings. The number of amides is 1. The normalized spacial score (nSPS) is 23.9. The maximum Gasteiger partial charge on any atom is 0.220 e. The molecule has 2 aliphatic rings. The van der Waals surface area contributed by atoms with Crippen molar-refractivity contribution in [3.63, 3.8) is 0 Å². The van der Waals surface area contributed by atoms with Crippen molar-refractivity contribution >= 4 is 15.7 Å². The lowest BCUT2D eigenvalue weighted by molar-refractivity contribution is -0.121. The highest BCUT2D eigenvalue weighted by atomic mass is 32.2. The summed E-state index contributed by atoms with van der Waals surface area (Å²) < 4.78 is 24.8. The van der Waals surface area contributed by atoms with Crippen molar-refractivity contribution in [1.82, 2.24) is 20.1 Å². The van der Waals surface area contributed by atoms with Crippen molar-refractivity contribution in [2.24, 2.45) is 5.92 Å². The van der Waals surface area contributed by atoms with Gasteiger partial charge in [0.05, 0.1) is 12.3 Å². The van der Waals surface area contributed by atoms with Crippen LogP contribution in [0.25, 0.3) is 0 Å². The van der Waals surface area contributed by atoms with Gasteiger partial charge < -0.3 is 9.88 Å². The van der Waals surface area contributed by atoms with Crippen LogP contribution < -0.4 is 5.32 Å². The van der Waals surface area contributed by atoms with Crippen LogP contribution in [0.4, 0.5) is 0 Å². The molecule has 2 heterocycles. The zero-order valence-electron chi connectivity index (χ0n) is 13.0.